The largest absolute Gasteiger partial charge is 0.395 e. The second-order valence-corrected chi connectivity index (χ2v) is 6.09. The van der Waals surface area contributed by atoms with Crippen LogP contribution in [0.5, 0.6) is 0 Å². The topological polar surface area (TPSA) is 114 Å². The van der Waals surface area contributed by atoms with Gasteiger partial charge in [0.05, 0.1) is 6.61 Å². The van der Waals surface area contributed by atoms with Crippen LogP contribution in [0.4, 0.5) is 5.82 Å². The molecular formula is C10H13N3O5S. The number of sulfonamides is 1. The fourth-order valence-corrected chi connectivity index (χ4v) is 3.71. The van der Waals surface area contributed by atoms with Gasteiger partial charge in [-0.15, -0.1) is 0 Å². The molecule has 0 aliphatic carbocycles. The van der Waals surface area contributed by atoms with Gasteiger partial charge in [-0.2, -0.15) is 4.31 Å². The molecular weight excluding hydrogens is 274 g/mol. The van der Waals surface area contributed by atoms with Gasteiger partial charge in [-0.1, -0.05) is 0 Å². The number of hydrogen-bond acceptors (Lipinski definition) is 6. The summed E-state index contributed by atoms with van der Waals surface area (Å²) in [4.78, 5) is 13.2. The molecule has 0 aromatic carbocycles. The van der Waals surface area contributed by atoms with Crippen molar-refractivity contribution in [3.63, 3.8) is 0 Å². The number of aliphatic hydroxyl groups is 1. The first-order valence-electron chi connectivity index (χ1n) is 5.70. The van der Waals surface area contributed by atoms with Crippen LogP contribution in [0.25, 0.3) is 0 Å². The Kier molecular flexibility index (Phi) is 3.78. The molecule has 104 valence electrons. The molecule has 0 radical (unpaired) electrons. The fraction of sp³-hybridized carbons (Fsp3) is 0.500. The summed E-state index contributed by atoms with van der Waals surface area (Å²) in [6.07, 6.45) is 2.27. The van der Waals surface area contributed by atoms with Gasteiger partial charge in [0.15, 0.2) is 6.20 Å². The molecule has 1 aromatic rings. The minimum Gasteiger partial charge on any atom is -0.395 e. The smallest absolute Gasteiger partial charge is 0.363 e. The molecule has 9 heteroatoms. The van der Waals surface area contributed by atoms with E-state index >= 15 is 0 Å². The normalized spacial score (nSPS) is 20.6. The van der Waals surface area contributed by atoms with Crippen LogP contribution in [0.3, 0.4) is 0 Å². The Morgan fingerprint density at radius 2 is 2.26 bits per heavy atom. The summed E-state index contributed by atoms with van der Waals surface area (Å²) in [5.41, 5.74) is 0. The molecule has 1 aromatic heterocycles. The third-order valence-corrected chi connectivity index (χ3v) is 4.98. The molecule has 1 N–H and O–H groups in total. The number of pyridine rings is 1. The second-order valence-electron chi connectivity index (χ2n) is 4.20. The van der Waals surface area contributed by atoms with Crippen molar-refractivity contribution in [2.24, 2.45) is 0 Å². The molecule has 1 aliphatic heterocycles. The zero-order valence-electron chi connectivity index (χ0n) is 9.97. The van der Waals surface area contributed by atoms with Crippen LogP contribution in [0, 0.1) is 10.1 Å². The van der Waals surface area contributed by atoms with E-state index in [4.69, 9.17) is 5.11 Å². The zero-order chi connectivity index (χ0) is 14.0. The van der Waals surface area contributed by atoms with Crippen molar-refractivity contribution in [2.75, 3.05) is 13.2 Å². The number of rotatable bonds is 4. The van der Waals surface area contributed by atoms with Gasteiger partial charge >= 0.3 is 5.82 Å². The van der Waals surface area contributed by atoms with Gasteiger partial charge in [0.1, 0.15) is 4.90 Å². The summed E-state index contributed by atoms with van der Waals surface area (Å²) in [6.45, 7) is 0.101. The Labute approximate surface area is 109 Å². The number of aromatic nitrogens is 1. The Balaban J connectivity index is 2.31. The van der Waals surface area contributed by atoms with E-state index < -0.39 is 26.8 Å². The third-order valence-electron chi connectivity index (χ3n) is 3.05. The zero-order valence-corrected chi connectivity index (χ0v) is 10.8. The van der Waals surface area contributed by atoms with Crippen LogP contribution in [-0.4, -0.2) is 46.9 Å². The molecule has 1 unspecified atom stereocenters. The van der Waals surface area contributed by atoms with E-state index in [-0.39, 0.29) is 11.5 Å². The lowest BCUT2D eigenvalue weighted by Gasteiger charge is -2.21. The average molecular weight is 287 g/mol. The van der Waals surface area contributed by atoms with Crippen LogP contribution < -0.4 is 0 Å². The molecule has 1 fully saturated rings. The first-order valence-corrected chi connectivity index (χ1v) is 7.14. The maximum atomic E-state index is 12.3. The van der Waals surface area contributed by atoms with Crippen molar-refractivity contribution >= 4 is 15.8 Å². The first-order chi connectivity index (χ1) is 8.96. The highest BCUT2D eigenvalue weighted by atomic mass is 32.2. The maximum absolute atomic E-state index is 12.3. The summed E-state index contributed by atoms with van der Waals surface area (Å²) in [5.74, 6) is -0.404. The van der Waals surface area contributed by atoms with Gasteiger partial charge in [-0.25, -0.2) is 8.42 Å². The molecule has 19 heavy (non-hydrogen) atoms. The Morgan fingerprint density at radius 1 is 1.53 bits per heavy atom. The number of nitrogens with zero attached hydrogens (tertiary/aromatic N) is 3. The number of aliphatic hydroxyl groups excluding tert-OH is 1. The van der Waals surface area contributed by atoms with E-state index in [1.807, 2.05) is 0 Å². The number of nitro groups is 1. The second kappa shape index (κ2) is 5.19. The van der Waals surface area contributed by atoms with E-state index in [0.717, 1.165) is 18.3 Å². The lowest BCUT2D eigenvalue weighted by Crippen LogP contribution is -2.37. The quantitative estimate of drug-likeness (QED) is 0.622. The van der Waals surface area contributed by atoms with Crippen LogP contribution in [-0.2, 0) is 10.0 Å². The van der Waals surface area contributed by atoms with Gasteiger partial charge in [0, 0.05) is 18.7 Å². The van der Waals surface area contributed by atoms with E-state index in [1.165, 1.54) is 4.31 Å². The average Bonchev–Trinajstić information content (AvgIpc) is 2.87. The fourth-order valence-electron chi connectivity index (χ4n) is 2.08. The van der Waals surface area contributed by atoms with Gasteiger partial charge in [-0.05, 0) is 28.8 Å². The van der Waals surface area contributed by atoms with Crippen LogP contribution in [0.1, 0.15) is 12.8 Å². The minimum atomic E-state index is -3.75. The van der Waals surface area contributed by atoms with E-state index in [0.29, 0.717) is 19.4 Å². The molecule has 2 heterocycles. The first kappa shape index (κ1) is 13.8. The summed E-state index contributed by atoms with van der Waals surface area (Å²) >= 11 is 0. The van der Waals surface area contributed by atoms with Crippen molar-refractivity contribution < 1.29 is 18.4 Å². The van der Waals surface area contributed by atoms with Crippen molar-refractivity contribution in [3.05, 3.63) is 28.4 Å². The van der Waals surface area contributed by atoms with Gasteiger partial charge in [0.2, 0.25) is 10.0 Å². The van der Waals surface area contributed by atoms with Gasteiger partial charge in [-0.3, -0.25) is 0 Å². The van der Waals surface area contributed by atoms with Crippen LogP contribution >= 0.6 is 0 Å². The predicted molar refractivity (Wildman–Crippen MR) is 64.9 cm³/mol. The summed E-state index contributed by atoms with van der Waals surface area (Å²) in [6, 6.07) is 1.78. The monoisotopic (exact) mass is 287 g/mol. The number of hydrogen-bond donors (Lipinski definition) is 1. The molecule has 0 saturated carbocycles. The van der Waals surface area contributed by atoms with E-state index in [1.54, 1.807) is 0 Å². The Hall–Kier alpha value is -1.58. The van der Waals surface area contributed by atoms with Gasteiger partial charge < -0.3 is 15.2 Å². The third kappa shape index (κ3) is 2.57. The summed E-state index contributed by atoms with van der Waals surface area (Å²) in [7, 11) is -3.75. The van der Waals surface area contributed by atoms with E-state index in [9.17, 15) is 18.5 Å². The van der Waals surface area contributed by atoms with Gasteiger partial charge in [0.25, 0.3) is 0 Å². The molecule has 1 atom stereocenters. The lowest BCUT2D eigenvalue weighted by atomic mass is 10.2. The van der Waals surface area contributed by atoms with Crippen LogP contribution in [0.15, 0.2) is 23.2 Å². The highest BCUT2D eigenvalue weighted by Gasteiger charge is 2.35. The molecule has 1 saturated heterocycles. The Bertz CT molecular complexity index is 571. The van der Waals surface area contributed by atoms with Crippen LogP contribution in [0.2, 0.25) is 0 Å². The highest BCUT2D eigenvalue weighted by Crippen LogP contribution is 2.25. The molecule has 0 amide bonds. The summed E-state index contributed by atoms with van der Waals surface area (Å²) in [5, 5.41) is 19.6. The SMILES string of the molecule is O=[N+]([O-])c1ccc(S(=O)(=O)N2CCCC2CO)cn1. The minimum absolute atomic E-state index is 0.0987. The lowest BCUT2D eigenvalue weighted by molar-refractivity contribution is -0.389. The standard InChI is InChI=1S/C10H13N3O5S/c14-7-8-2-1-5-12(8)19(17,18)9-3-4-10(11-6-9)13(15)16/h3-4,6,8,14H,1-2,5,7H2. The maximum Gasteiger partial charge on any atom is 0.363 e. The van der Waals surface area contributed by atoms with Crippen molar-refractivity contribution in [1.82, 2.24) is 9.29 Å². The van der Waals surface area contributed by atoms with E-state index in [2.05, 4.69) is 4.98 Å². The molecule has 8 nitrogen and oxygen atoms in total. The molecule has 0 spiro atoms. The van der Waals surface area contributed by atoms with Crippen molar-refractivity contribution in [1.29, 1.82) is 0 Å². The van der Waals surface area contributed by atoms with Crippen molar-refractivity contribution in [2.45, 2.75) is 23.8 Å². The van der Waals surface area contributed by atoms with Crippen molar-refractivity contribution in [3.8, 4) is 0 Å². The molecule has 2 rings (SSSR count). The highest BCUT2D eigenvalue weighted by molar-refractivity contribution is 7.89. The molecule has 1 aliphatic rings. The Morgan fingerprint density at radius 3 is 2.79 bits per heavy atom. The summed E-state index contributed by atoms with van der Waals surface area (Å²) < 4.78 is 25.8. The predicted octanol–water partition coefficient (Wildman–Crippen LogP) is 0.135. The molecule has 0 bridgehead atoms.